The standard InChI is InChI=1S/C15H20ClNS/c1-11-8-15(10-18-11)5-6-17-9-14(15)12-3-2-4-13(16)7-12/h2-4,7,11,14,17H,5-6,8-10H2,1H3. The molecule has 2 aliphatic rings. The van der Waals surface area contributed by atoms with Crippen LogP contribution >= 0.6 is 23.4 Å². The van der Waals surface area contributed by atoms with Gasteiger partial charge < -0.3 is 5.32 Å². The zero-order chi connectivity index (χ0) is 12.6. The Morgan fingerprint density at radius 1 is 1.44 bits per heavy atom. The van der Waals surface area contributed by atoms with Gasteiger partial charge in [-0.1, -0.05) is 30.7 Å². The molecule has 0 amide bonds. The van der Waals surface area contributed by atoms with Crippen LogP contribution in [0, 0.1) is 5.41 Å². The summed E-state index contributed by atoms with van der Waals surface area (Å²) in [5.74, 6) is 1.94. The second kappa shape index (κ2) is 5.07. The fraction of sp³-hybridized carbons (Fsp3) is 0.600. The molecule has 0 radical (unpaired) electrons. The van der Waals surface area contributed by atoms with Gasteiger partial charge >= 0.3 is 0 Å². The number of piperidine rings is 1. The van der Waals surface area contributed by atoms with Crippen LogP contribution in [0.25, 0.3) is 0 Å². The van der Waals surface area contributed by atoms with Crippen LogP contribution in [0.3, 0.4) is 0 Å². The summed E-state index contributed by atoms with van der Waals surface area (Å²) in [6, 6.07) is 8.47. The summed E-state index contributed by atoms with van der Waals surface area (Å²) in [7, 11) is 0. The molecule has 0 bridgehead atoms. The van der Waals surface area contributed by atoms with E-state index < -0.39 is 0 Å². The largest absolute Gasteiger partial charge is 0.316 e. The molecule has 2 saturated heterocycles. The van der Waals surface area contributed by atoms with E-state index in [1.807, 2.05) is 6.07 Å². The maximum atomic E-state index is 6.16. The zero-order valence-electron chi connectivity index (χ0n) is 10.8. The van der Waals surface area contributed by atoms with Gasteiger partial charge in [-0.05, 0) is 48.3 Å². The van der Waals surface area contributed by atoms with E-state index in [-0.39, 0.29) is 0 Å². The van der Waals surface area contributed by atoms with E-state index in [0.717, 1.165) is 16.8 Å². The van der Waals surface area contributed by atoms with E-state index in [9.17, 15) is 0 Å². The molecule has 1 nitrogen and oxygen atoms in total. The Kier molecular flexibility index (Phi) is 3.61. The molecule has 3 unspecified atom stereocenters. The van der Waals surface area contributed by atoms with Crippen molar-refractivity contribution in [3.05, 3.63) is 34.9 Å². The van der Waals surface area contributed by atoms with Gasteiger partial charge in [0.15, 0.2) is 0 Å². The Labute approximate surface area is 119 Å². The number of hydrogen-bond donors (Lipinski definition) is 1. The SMILES string of the molecule is CC1CC2(CCNCC2c2cccc(Cl)c2)CS1. The van der Waals surface area contributed by atoms with Crippen LogP contribution in [-0.4, -0.2) is 24.1 Å². The van der Waals surface area contributed by atoms with E-state index in [1.54, 1.807) is 0 Å². The van der Waals surface area contributed by atoms with Gasteiger partial charge in [-0.25, -0.2) is 0 Å². The van der Waals surface area contributed by atoms with Crippen LogP contribution in [0.5, 0.6) is 0 Å². The van der Waals surface area contributed by atoms with Gasteiger partial charge in [0.25, 0.3) is 0 Å². The molecule has 0 saturated carbocycles. The second-order valence-electron chi connectivity index (χ2n) is 5.75. The molecule has 2 aliphatic heterocycles. The Morgan fingerprint density at radius 2 is 2.33 bits per heavy atom. The molecular weight excluding hydrogens is 262 g/mol. The fourth-order valence-corrected chi connectivity index (χ4v) is 5.31. The summed E-state index contributed by atoms with van der Waals surface area (Å²) in [6.07, 6.45) is 2.66. The first-order chi connectivity index (χ1) is 8.70. The van der Waals surface area contributed by atoms with Crippen molar-refractivity contribution >= 4 is 23.4 Å². The third-order valence-electron chi connectivity index (χ3n) is 4.49. The van der Waals surface area contributed by atoms with Crippen molar-refractivity contribution in [3.63, 3.8) is 0 Å². The van der Waals surface area contributed by atoms with Crippen molar-refractivity contribution in [2.24, 2.45) is 5.41 Å². The molecule has 1 spiro atoms. The number of halogens is 1. The highest BCUT2D eigenvalue weighted by molar-refractivity contribution is 8.00. The fourth-order valence-electron chi connectivity index (χ4n) is 3.58. The van der Waals surface area contributed by atoms with E-state index in [0.29, 0.717) is 11.3 Å². The van der Waals surface area contributed by atoms with E-state index in [1.165, 1.54) is 30.7 Å². The van der Waals surface area contributed by atoms with Crippen LogP contribution in [0.2, 0.25) is 5.02 Å². The third-order valence-corrected chi connectivity index (χ3v) is 6.20. The smallest absolute Gasteiger partial charge is 0.0408 e. The molecule has 3 heteroatoms. The average Bonchev–Trinajstić information content (AvgIpc) is 2.72. The minimum Gasteiger partial charge on any atom is -0.316 e. The lowest BCUT2D eigenvalue weighted by atomic mass is 9.67. The Morgan fingerprint density at radius 3 is 3.06 bits per heavy atom. The van der Waals surface area contributed by atoms with Gasteiger partial charge in [-0.15, -0.1) is 0 Å². The number of hydrogen-bond acceptors (Lipinski definition) is 2. The Balaban J connectivity index is 1.93. The maximum Gasteiger partial charge on any atom is 0.0408 e. The van der Waals surface area contributed by atoms with Gasteiger partial charge in [0.05, 0.1) is 0 Å². The van der Waals surface area contributed by atoms with Crippen LogP contribution in [0.1, 0.15) is 31.2 Å². The Hall–Kier alpha value is -0.180. The minimum absolute atomic E-state index is 0.500. The van der Waals surface area contributed by atoms with Crippen LogP contribution < -0.4 is 5.32 Å². The number of rotatable bonds is 1. The maximum absolute atomic E-state index is 6.16. The summed E-state index contributed by atoms with van der Waals surface area (Å²) in [5.41, 5.74) is 1.92. The molecule has 1 N–H and O–H groups in total. The molecule has 0 aromatic heterocycles. The highest BCUT2D eigenvalue weighted by atomic mass is 35.5. The predicted molar refractivity (Wildman–Crippen MR) is 80.6 cm³/mol. The molecule has 98 valence electrons. The quantitative estimate of drug-likeness (QED) is 0.837. The minimum atomic E-state index is 0.500. The molecular formula is C15H20ClNS. The molecule has 18 heavy (non-hydrogen) atoms. The summed E-state index contributed by atoms with van der Waals surface area (Å²) in [5, 5.41) is 5.24. The third kappa shape index (κ3) is 2.31. The van der Waals surface area contributed by atoms with Gasteiger partial charge in [-0.3, -0.25) is 0 Å². The number of benzene rings is 1. The van der Waals surface area contributed by atoms with E-state index in [4.69, 9.17) is 11.6 Å². The number of nitrogens with one attached hydrogen (secondary N) is 1. The molecule has 0 aliphatic carbocycles. The van der Waals surface area contributed by atoms with Crippen molar-refractivity contribution in [1.29, 1.82) is 0 Å². The molecule has 2 fully saturated rings. The molecule has 3 rings (SSSR count). The van der Waals surface area contributed by atoms with Crippen LogP contribution in [-0.2, 0) is 0 Å². The molecule has 1 aromatic rings. The number of thioether (sulfide) groups is 1. The highest BCUT2D eigenvalue weighted by Gasteiger charge is 2.46. The first-order valence-corrected chi connectivity index (χ1v) is 8.20. The van der Waals surface area contributed by atoms with E-state index >= 15 is 0 Å². The Bertz CT molecular complexity index is 432. The normalized spacial score (nSPS) is 36.1. The van der Waals surface area contributed by atoms with Crippen molar-refractivity contribution in [1.82, 2.24) is 5.32 Å². The van der Waals surface area contributed by atoms with Gasteiger partial charge in [0.1, 0.15) is 0 Å². The second-order valence-corrected chi connectivity index (χ2v) is 7.61. The van der Waals surface area contributed by atoms with Crippen molar-refractivity contribution in [2.75, 3.05) is 18.8 Å². The summed E-state index contributed by atoms with van der Waals surface area (Å²) in [6.45, 7) is 4.65. The van der Waals surface area contributed by atoms with E-state index in [2.05, 4.69) is 42.2 Å². The lowest BCUT2D eigenvalue weighted by Gasteiger charge is -2.42. The molecule has 1 aromatic carbocycles. The lowest BCUT2D eigenvalue weighted by Crippen LogP contribution is -2.44. The van der Waals surface area contributed by atoms with Crippen molar-refractivity contribution < 1.29 is 0 Å². The molecule has 3 atom stereocenters. The van der Waals surface area contributed by atoms with Crippen LogP contribution in [0.15, 0.2) is 24.3 Å². The first-order valence-electron chi connectivity index (χ1n) is 6.77. The lowest BCUT2D eigenvalue weighted by molar-refractivity contribution is 0.189. The van der Waals surface area contributed by atoms with Crippen molar-refractivity contribution in [2.45, 2.75) is 30.9 Å². The van der Waals surface area contributed by atoms with Gasteiger partial charge in [0.2, 0.25) is 0 Å². The summed E-state index contributed by atoms with van der Waals surface area (Å²) in [4.78, 5) is 0. The predicted octanol–water partition coefficient (Wildman–Crippen LogP) is 3.93. The van der Waals surface area contributed by atoms with Crippen LogP contribution in [0.4, 0.5) is 0 Å². The van der Waals surface area contributed by atoms with Gasteiger partial charge in [0, 0.05) is 22.7 Å². The first kappa shape index (κ1) is 12.8. The molecule has 2 heterocycles. The van der Waals surface area contributed by atoms with Crippen molar-refractivity contribution in [3.8, 4) is 0 Å². The summed E-state index contributed by atoms with van der Waals surface area (Å²) >= 11 is 8.31. The highest BCUT2D eigenvalue weighted by Crippen LogP contribution is 2.53. The average molecular weight is 282 g/mol. The van der Waals surface area contributed by atoms with Gasteiger partial charge in [-0.2, -0.15) is 11.8 Å². The zero-order valence-corrected chi connectivity index (χ0v) is 12.4. The monoisotopic (exact) mass is 281 g/mol. The summed E-state index contributed by atoms with van der Waals surface area (Å²) < 4.78 is 0. The topological polar surface area (TPSA) is 12.0 Å².